The number of nitrogens with zero attached hydrogens (tertiary/aromatic N) is 3. The minimum atomic E-state index is -0.351. The Morgan fingerprint density at radius 2 is 0.614 bits per heavy atom. The molecule has 3 heterocycles. The zero-order valence-corrected chi connectivity index (χ0v) is 47.9. The average Bonchev–Trinajstić information content (AvgIpc) is 1.88. The predicted molar refractivity (Wildman–Crippen MR) is 373 cm³/mol. The second-order valence-electron chi connectivity index (χ2n) is 22.8. The zero-order chi connectivity index (χ0) is 61.6. The molecule has 3 nitrogen and oxygen atoms in total. The van der Waals surface area contributed by atoms with Crippen molar-refractivity contribution in [2.45, 2.75) is 0 Å². The van der Waals surface area contributed by atoms with Gasteiger partial charge in [0.05, 0.1) is 33.6 Å². The topological polar surface area (TPSA) is 11.4 Å². The Bertz CT molecular complexity index is 5020. The first-order chi connectivity index (χ1) is 45.4. The van der Waals surface area contributed by atoms with E-state index in [-0.39, 0.29) is 30.9 Å². The lowest BCUT2D eigenvalue weighted by molar-refractivity contribution is 1.16. The third kappa shape index (κ3) is 8.44. The number of hydrogen-bond donors (Lipinski definition) is 0. The van der Waals surface area contributed by atoms with E-state index in [9.17, 15) is 5.48 Å². The number of anilines is 6. The molecule has 88 heavy (non-hydrogen) atoms. The van der Waals surface area contributed by atoms with Crippen molar-refractivity contribution in [1.29, 1.82) is 0 Å². The van der Waals surface area contributed by atoms with Crippen LogP contribution in [0.3, 0.4) is 0 Å². The third-order valence-corrected chi connectivity index (χ3v) is 17.9. The summed E-state index contributed by atoms with van der Waals surface area (Å²) < 4.78 is 40.7. The van der Waals surface area contributed by atoms with Crippen LogP contribution in [-0.2, 0) is 0 Å². The molecular formula is C84H56BN3. The van der Waals surface area contributed by atoms with Crippen molar-refractivity contribution < 1.29 is 5.48 Å². The summed E-state index contributed by atoms with van der Waals surface area (Å²) in [5.41, 5.74) is 25.9. The fourth-order valence-electron chi connectivity index (χ4n) is 14.0. The summed E-state index contributed by atoms with van der Waals surface area (Å²) in [6, 6.07) is 112. The molecule has 0 atom stereocenters. The summed E-state index contributed by atoms with van der Waals surface area (Å²) in [6.45, 7) is -0.351. The van der Waals surface area contributed by atoms with Crippen molar-refractivity contribution in [2.75, 3.05) is 9.80 Å². The molecule has 0 aliphatic carbocycles. The molecule has 0 N–H and O–H groups in total. The van der Waals surface area contributed by atoms with E-state index in [0.29, 0.717) is 10.9 Å². The van der Waals surface area contributed by atoms with Crippen LogP contribution < -0.4 is 26.2 Å². The van der Waals surface area contributed by atoms with Crippen molar-refractivity contribution in [3.05, 3.63) is 340 Å². The van der Waals surface area contributed by atoms with E-state index >= 15 is 0 Å². The monoisotopic (exact) mass is 1120 g/mol. The molecule has 410 valence electrons. The van der Waals surface area contributed by atoms with Gasteiger partial charge in [-0.3, -0.25) is 0 Å². The first-order valence-electron chi connectivity index (χ1n) is 32.1. The summed E-state index contributed by atoms with van der Waals surface area (Å²) in [5.74, 6) is 0. The van der Waals surface area contributed by atoms with Gasteiger partial charge in [0.15, 0.2) is 0 Å². The molecule has 14 aromatic carbocycles. The Labute approximate surface area is 519 Å². The van der Waals surface area contributed by atoms with Gasteiger partial charge in [0.2, 0.25) is 0 Å². The van der Waals surface area contributed by atoms with Gasteiger partial charge in [-0.2, -0.15) is 0 Å². The lowest BCUT2D eigenvalue weighted by Crippen LogP contribution is -2.61. The van der Waals surface area contributed by atoms with Crippen molar-refractivity contribution in [1.82, 2.24) is 4.57 Å². The van der Waals surface area contributed by atoms with Crippen LogP contribution in [0.4, 0.5) is 34.1 Å². The Kier molecular flexibility index (Phi) is 11.3. The van der Waals surface area contributed by atoms with Gasteiger partial charge in [-0.15, -0.1) is 0 Å². The fourth-order valence-corrected chi connectivity index (χ4v) is 14.0. The maximum Gasteiger partial charge on any atom is 0.252 e. The van der Waals surface area contributed by atoms with E-state index < -0.39 is 0 Å². The Balaban J connectivity index is 1.09. The van der Waals surface area contributed by atoms with E-state index in [1.807, 2.05) is 18.2 Å². The summed E-state index contributed by atoms with van der Waals surface area (Å²) in [5, 5.41) is 1.19. The number of benzene rings is 14. The summed E-state index contributed by atoms with van der Waals surface area (Å²) in [4.78, 5) is 5.05. The lowest BCUT2D eigenvalue weighted by Gasteiger charge is -2.46. The number of fused-ring (bicyclic) bond motifs is 7. The molecule has 0 saturated heterocycles. The molecule has 0 spiro atoms. The van der Waals surface area contributed by atoms with Gasteiger partial charge in [0.1, 0.15) is 0 Å². The second-order valence-corrected chi connectivity index (χ2v) is 22.8. The highest BCUT2D eigenvalue weighted by Crippen LogP contribution is 2.54. The van der Waals surface area contributed by atoms with Crippen LogP contribution in [0.25, 0.3) is 105 Å². The number of hydrogen-bond acceptors (Lipinski definition) is 2. The van der Waals surface area contributed by atoms with E-state index in [4.69, 9.17) is 0 Å². The lowest BCUT2D eigenvalue weighted by atomic mass is 9.33. The minimum absolute atomic E-state index is 0.0857. The van der Waals surface area contributed by atoms with E-state index in [2.05, 4.69) is 312 Å². The van der Waals surface area contributed by atoms with Crippen LogP contribution >= 0.6 is 0 Å². The van der Waals surface area contributed by atoms with Crippen LogP contribution in [0, 0.1) is 0 Å². The zero-order valence-electron chi connectivity index (χ0n) is 51.9. The normalized spacial score (nSPS) is 12.9. The molecule has 15 aromatic rings. The smallest absolute Gasteiger partial charge is 0.252 e. The van der Waals surface area contributed by atoms with Crippen LogP contribution in [0.5, 0.6) is 0 Å². The third-order valence-electron chi connectivity index (χ3n) is 17.9. The summed E-state index contributed by atoms with van der Waals surface area (Å²) in [7, 11) is 0. The van der Waals surface area contributed by atoms with Crippen LogP contribution in [0.15, 0.2) is 340 Å². The van der Waals surface area contributed by atoms with Crippen LogP contribution in [-0.4, -0.2) is 11.3 Å². The van der Waals surface area contributed by atoms with Gasteiger partial charge in [-0.25, -0.2) is 0 Å². The summed E-state index contributed by atoms with van der Waals surface area (Å²) in [6.07, 6.45) is 0. The first-order valence-corrected chi connectivity index (χ1v) is 30.1. The molecule has 0 radical (unpaired) electrons. The Morgan fingerprint density at radius 1 is 0.261 bits per heavy atom. The predicted octanol–water partition coefficient (Wildman–Crippen LogP) is 20.5. The fraction of sp³-hybridized carbons (Fsp3) is 0. The molecule has 1 aromatic heterocycles. The van der Waals surface area contributed by atoms with Crippen molar-refractivity contribution in [3.63, 3.8) is 0 Å². The number of aromatic nitrogens is 1. The van der Waals surface area contributed by atoms with Gasteiger partial charge in [-0.1, -0.05) is 297 Å². The quantitative estimate of drug-likeness (QED) is 0.126. The minimum Gasteiger partial charge on any atom is -0.310 e. The van der Waals surface area contributed by atoms with E-state index in [1.54, 1.807) is 0 Å². The van der Waals surface area contributed by atoms with Gasteiger partial charge >= 0.3 is 0 Å². The first kappa shape index (κ1) is 46.9. The molecule has 4 heteroatoms. The average molecular weight is 1120 g/mol. The highest BCUT2D eigenvalue weighted by molar-refractivity contribution is 7.00. The van der Waals surface area contributed by atoms with Gasteiger partial charge < -0.3 is 14.4 Å². The van der Waals surface area contributed by atoms with Crippen LogP contribution in [0.1, 0.15) is 5.48 Å². The molecule has 0 saturated carbocycles. The largest absolute Gasteiger partial charge is 0.310 e. The molecule has 0 bridgehead atoms. The van der Waals surface area contributed by atoms with Crippen molar-refractivity contribution >= 4 is 79.0 Å². The maximum absolute atomic E-state index is 10.1. The molecule has 2 aliphatic rings. The molecule has 0 fully saturated rings. The molecule has 0 amide bonds. The Hall–Kier alpha value is -11.5. The van der Waals surface area contributed by atoms with Gasteiger partial charge in [0, 0.05) is 55.8 Å². The Morgan fingerprint density at radius 3 is 1.01 bits per heavy atom. The highest BCUT2D eigenvalue weighted by atomic mass is 15.2. The SMILES string of the molecule is [2H]c1c([2H])c([2H])c2c(c1[2H])c1cc(-c3ccccc3)ccc1n2-c1cc2c3c(c1)N(c1c(-c4ccccc4)cccc1-c1ccccc1)c1ccc(-c4ccccc4)cc1B3c1cc(-c3ccccc3)ccc1N2c1c(-c2ccccc2)cccc1-c1ccccc1. The van der Waals surface area contributed by atoms with E-state index in [0.717, 1.165) is 145 Å². The molecule has 2 aliphatic heterocycles. The second kappa shape index (κ2) is 21.3. The molecular weight excluding hydrogens is 1060 g/mol. The summed E-state index contributed by atoms with van der Waals surface area (Å²) >= 11 is 0. The standard InChI is InChI=1S/C84H56BN3/c1-8-26-57(27-9-1)64-46-49-77-73(52-64)72-40-22-23-45-76(72)86(77)67-55-80-82-81(56-67)88(84-70(62-36-18-6-19-37-62)43-25-44-71(84)63-38-20-7-21-39-63)79-51-48-66(59-30-12-3-13-31-59)54-75(79)85(82)74-53-65(58-28-10-2-11-29-58)47-50-78(74)87(80)83-68(60-32-14-4-15-33-60)41-24-42-69(83)61-34-16-5-17-35-61/h1-56H/i22D,23D,40D,45D. The molecule has 17 rings (SSSR count). The van der Waals surface area contributed by atoms with Crippen molar-refractivity contribution in [3.8, 4) is 83.6 Å². The maximum atomic E-state index is 10.1. The van der Waals surface area contributed by atoms with E-state index in [1.165, 1.54) is 0 Å². The number of rotatable bonds is 10. The number of para-hydroxylation sites is 3. The highest BCUT2D eigenvalue weighted by Gasteiger charge is 2.46. The van der Waals surface area contributed by atoms with Crippen molar-refractivity contribution in [2.24, 2.45) is 0 Å². The van der Waals surface area contributed by atoms with Crippen LogP contribution in [0.2, 0.25) is 0 Å². The van der Waals surface area contributed by atoms with Gasteiger partial charge in [0.25, 0.3) is 6.71 Å². The molecule has 0 unspecified atom stereocenters. The van der Waals surface area contributed by atoms with Gasteiger partial charge in [-0.05, 0) is 114 Å².